The highest BCUT2D eigenvalue weighted by atomic mass is 35.5. The second-order valence-corrected chi connectivity index (χ2v) is 9.63. The van der Waals surface area contributed by atoms with Crippen LogP contribution in [0, 0.1) is 6.92 Å². The van der Waals surface area contributed by atoms with Gasteiger partial charge in [-0.2, -0.15) is 0 Å². The number of benzene rings is 2. The number of anilines is 1. The summed E-state index contributed by atoms with van der Waals surface area (Å²) in [5.41, 5.74) is 5.05. The first-order valence-electron chi connectivity index (χ1n) is 13.4. The fourth-order valence-electron chi connectivity index (χ4n) is 4.62. The van der Waals surface area contributed by atoms with Crippen molar-refractivity contribution in [2.45, 2.75) is 47.0 Å². The lowest BCUT2D eigenvalue weighted by atomic mass is 9.97. The lowest BCUT2D eigenvalue weighted by Crippen LogP contribution is -2.31. The maximum absolute atomic E-state index is 13.0. The highest BCUT2D eigenvalue weighted by Gasteiger charge is 2.27. The predicted molar refractivity (Wildman–Crippen MR) is 161 cm³/mol. The molecular weight excluding hydrogens is 530 g/mol. The Hall–Kier alpha value is -3.78. The molecule has 2 aromatic rings. The van der Waals surface area contributed by atoms with Gasteiger partial charge < -0.3 is 24.4 Å². The van der Waals surface area contributed by atoms with Gasteiger partial charge in [0.25, 0.3) is 0 Å². The van der Waals surface area contributed by atoms with E-state index in [2.05, 4.69) is 30.1 Å². The molecule has 0 saturated heterocycles. The summed E-state index contributed by atoms with van der Waals surface area (Å²) in [6.07, 6.45) is 2.66. The summed E-state index contributed by atoms with van der Waals surface area (Å²) in [6, 6.07) is 9.71. The van der Waals surface area contributed by atoms with E-state index in [4.69, 9.17) is 30.8 Å². The molecule has 0 unspecified atom stereocenters. The molecule has 1 N–H and O–H groups in total. The number of aryl methyl sites for hydroxylation is 2. The predicted octanol–water partition coefficient (Wildman–Crippen LogP) is 6.06. The summed E-state index contributed by atoms with van der Waals surface area (Å²) >= 11 is 6.50. The largest absolute Gasteiger partial charge is 0.493 e. The maximum Gasteiger partial charge on any atom is 0.224 e. The van der Waals surface area contributed by atoms with Gasteiger partial charge in [0.05, 0.1) is 43.5 Å². The van der Waals surface area contributed by atoms with E-state index in [9.17, 15) is 9.59 Å². The van der Waals surface area contributed by atoms with Crippen molar-refractivity contribution in [3.05, 3.63) is 63.8 Å². The zero-order valence-electron chi connectivity index (χ0n) is 24.3. The van der Waals surface area contributed by atoms with Gasteiger partial charge in [-0.15, -0.1) is 0 Å². The molecule has 0 aromatic heterocycles. The number of nitrogens with zero attached hydrogens (tertiary/aromatic N) is 2. The molecule has 0 aliphatic heterocycles. The van der Waals surface area contributed by atoms with Crippen LogP contribution in [-0.4, -0.2) is 51.8 Å². The van der Waals surface area contributed by atoms with Gasteiger partial charge in [-0.05, 0) is 81.1 Å². The van der Waals surface area contributed by atoms with Crippen LogP contribution >= 0.6 is 11.6 Å². The van der Waals surface area contributed by atoms with E-state index in [0.717, 1.165) is 35.6 Å². The second-order valence-electron chi connectivity index (χ2n) is 9.26. The standard InChI is InChI=1S/C31H38ClN3O5/c1-8-22-24(33-23-13-12-21(15-19(23)4)35(9-2)10-3)18-25(30(37)29(22)32)34-28(36)14-11-20-16-26(38-5)31(40-7)27(17-20)39-6/h12-13,15-18H,8-11,14H2,1-7H3,(H,34,36)/b33-24+. The van der Waals surface area contributed by atoms with Crippen LogP contribution in [0.15, 0.2) is 57.7 Å². The van der Waals surface area contributed by atoms with Crippen molar-refractivity contribution in [1.29, 1.82) is 0 Å². The molecule has 2 aromatic carbocycles. The smallest absolute Gasteiger partial charge is 0.224 e. The van der Waals surface area contributed by atoms with Crippen LogP contribution in [0.3, 0.4) is 0 Å². The Balaban J connectivity index is 1.83. The number of allylic oxidation sites excluding steroid dienone is 3. The quantitative estimate of drug-likeness (QED) is 0.314. The summed E-state index contributed by atoms with van der Waals surface area (Å²) in [7, 11) is 4.61. The summed E-state index contributed by atoms with van der Waals surface area (Å²) in [5.74, 6) is 0.749. The lowest BCUT2D eigenvalue weighted by Gasteiger charge is -2.22. The van der Waals surface area contributed by atoms with Crippen molar-refractivity contribution in [3.63, 3.8) is 0 Å². The van der Waals surface area contributed by atoms with Crippen LogP contribution in [0.5, 0.6) is 17.2 Å². The normalized spacial score (nSPS) is 14.2. The van der Waals surface area contributed by atoms with Crippen LogP contribution in [0.25, 0.3) is 0 Å². The zero-order valence-corrected chi connectivity index (χ0v) is 25.1. The van der Waals surface area contributed by atoms with E-state index in [0.29, 0.717) is 41.4 Å². The summed E-state index contributed by atoms with van der Waals surface area (Å²) in [6.45, 7) is 10.00. The van der Waals surface area contributed by atoms with E-state index < -0.39 is 5.78 Å². The van der Waals surface area contributed by atoms with Crippen molar-refractivity contribution >= 4 is 40.4 Å². The molecule has 9 heteroatoms. The van der Waals surface area contributed by atoms with E-state index in [1.54, 1.807) is 18.2 Å². The first-order chi connectivity index (χ1) is 19.2. The van der Waals surface area contributed by atoms with E-state index >= 15 is 0 Å². The Bertz CT molecular complexity index is 1330. The number of ether oxygens (including phenoxy) is 3. The number of Topliss-reactive ketones (excluding diaryl/α,β-unsaturated/α-hetero) is 1. The number of aliphatic imine (C=N–C) groups is 1. The molecule has 214 valence electrons. The fourth-order valence-corrected chi connectivity index (χ4v) is 4.95. The number of rotatable bonds is 12. The Morgan fingerprint density at radius 2 is 1.65 bits per heavy atom. The first kappa shape index (κ1) is 30.8. The van der Waals surface area contributed by atoms with Gasteiger partial charge in [-0.25, -0.2) is 4.99 Å². The number of methoxy groups -OCH3 is 3. The average Bonchev–Trinajstić information content (AvgIpc) is 2.96. The minimum atomic E-state index is -0.424. The Morgan fingerprint density at radius 1 is 1.00 bits per heavy atom. The first-order valence-corrected chi connectivity index (χ1v) is 13.8. The van der Waals surface area contributed by atoms with E-state index in [-0.39, 0.29) is 23.1 Å². The number of nitrogens with one attached hydrogen (secondary N) is 1. The molecule has 0 spiro atoms. The molecule has 1 aliphatic carbocycles. The Kier molecular flexibility index (Phi) is 10.8. The van der Waals surface area contributed by atoms with Crippen LogP contribution in [0.2, 0.25) is 0 Å². The van der Waals surface area contributed by atoms with Crippen LogP contribution in [-0.2, 0) is 16.0 Å². The maximum atomic E-state index is 13.0. The SMILES string of the molecule is CCC1=C(Cl)C(=O)C(NC(=O)CCc2cc(OC)c(OC)c(OC)c2)=C/C1=N\c1ccc(N(CC)CC)cc1C. The third kappa shape index (κ3) is 6.86. The summed E-state index contributed by atoms with van der Waals surface area (Å²) < 4.78 is 16.2. The molecule has 1 aliphatic rings. The van der Waals surface area contributed by atoms with Gasteiger partial charge in [0.2, 0.25) is 17.4 Å². The molecule has 0 saturated carbocycles. The zero-order chi connectivity index (χ0) is 29.4. The van der Waals surface area contributed by atoms with Crippen molar-refractivity contribution < 1.29 is 23.8 Å². The molecule has 0 heterocycles. The van der Waals surface area contributed by atoms with Gasteiger partial charge in [0.1, 0.15) is 0 Å². The number of hydrogen-bond donors (Lipinski definition) is 1. The molecule has 0 radical (unpaired) electrons. The third-order valence-corrected chi connectivity index (χ3v) is 7.24. The fraction of sp³-hybridized carbons (Fsp3) is 0.387. The van der Waals surface area contributed by atoms with Crippen molar-refractivity contribution in [2.75, 3.05) is 39.3 Å². The van der Waals surface area contributed by atoms with Gasteiger partial charge >= 0.3 is 0 Å². The molecule has 40 heavy (non-hydrogen) atoms. The summed E-state index contributed by atoms with van der Waals surface area (Å²) in [4.78, 5) is 33.0. The molecule has 8 nitrogen and oxygen atoms in total. The summed E-state index contributed by atoms with van der Waals surface area (Å²) in [5, 5.41) is 2.81. The van der Waals surface area contributed by atoms with Crippen molar-refractivity contribution in [3.8, 4) is 17.2 Å². The topological polar surface area (TPSA) is 89.5 Å². The number of carbonyl (C=O) groups is 2. The lowest BCUT2D eigenvalue weighted by molar-refractivity contribution is -0.122. The van der Waals surface area contributed by atoms with Crippen LogP contribution in [0.4, 0.5) is 11.4 Å². The minimum absolute atomic E-state index is 0.0705. The van der Waals surface area contributed by atoms with Gasteiger partial charge in [0.15, 0.2) is 11.5 Å². The Labute approximate surface area is 241 Å². The highest BCUT2D eigenvalue weighted by Crippen LogP contribution is 2.38. The average molecular weight is 568 g/mol. The number of halogens is 1. The Morgan fingerprint density at radius 3 is 2.17 bits per heavy atom. The van der Waals surface area contributed by atoms with Crippen molar-refractivity contribution in [2.24, 2.45) is 4.99 Å². The molecule has 0 atom stereocenters. The monoisotopic (exact) mass is 567 g/mol. The van der Waals surface area contributed by atoms with Gasteiger partial charge in [-0.1, -0.05) is 18.5 Å². The molecule has 1 amide bonds. The minimum Gasteiger partial charge on any atom is -0.493 e. The van der Waals surface area contributed by atoms with Gasteiger partial charge in [0, 0.05) is 30.8 Å². The number of ketones is 1. The number of hydrogen-bond acceptors (Lipinski definition) is 7. The van der Waals surface area contributed by atoms with Gasteiger partial charge in [-0.3, -0.25) is 9.59 Å². The highest BCUT2D eigenvalue weighted by molar-refractivity contribution is 6.49. The molecule has 3 rings (SSSR count). The van der Waals surface area contributed by atoms with E-state index in [1.165, 1.54) is 21.3 Å². The molecule has 0 fully saturated rings. The van der Waals surface area contributed by atoms with E-state index in [1.807, 2.05) is 26.0 Å². The second kappa shape index (κ2) is 14.0. The van der Waals surface area contributed by atoms with Crippen LogP contribution < -0.4 is 24.4 Å². The number of carbonyl (C=O) groups excluding carboxylic acids is 2. The van der Waals surface area contributed by atoms with Crippen molar-refractivity contribution in [1.82, 2.24) is 5.32 Å². The number of amides is 1. The van der Waals surface area contributed by atoms with Crippen LogP contribution in [0.1, 0.15) is 44.7 Å². The molecule has 0 bridgehead atoms. The third-order valence-electron chi connectivity index (χ3n) is 6.84. The molecular formula is C31H38ClN3O5.